The summed E-state index contributed by atoms with van der Waals surface area (Å²) < 4.78 is 19.0. The van der Waals surface area contributed by atoms with Crippen molar-refractivity contribution >= 4 is 195 Å². The number of benzene rings is 18. The van der Waals surface area contributed by atoms with Crippen molar-refractivity contribution < 1.29 is 8.83 Å². The largest absolute Gasteiger partial charge is 0.455 e. The monoisotopic (exact) mass is 1400 g/mol. The van der Waals surface area contributed by atoms with Gasteiger partial charge in [-0.2, -0.15) is 0 Å². The summed E-state index contributed by atoms with van der Waals surface area (Å²) in [6.45, 7) is 4.76. The lowest BCUT2D eigenvalue weighted by Crippen LogP contribution is -2.16. The molecule has 0 saturated heterocycles. The van der Waals surface area contributed by atoms with Gasteiger partial charge in [0.2, 0.25) is 0 Å². The van der Waals surface area contributed by atoms with Gasteiger partial charge in [-0.3, -0.25) is 0 Å². The third-order valence-electron chi connectivity index (χ3n) is 23.1. The van der Waals surface area contributed by atoms with Gasteiger partial charge in [0, 0.05) is 80.4 Å². The molecule has 0 saturated carbocycles. The third kappa shape index (κ3) is 9.07. The van der Waals surface area contributed by atoms with Crippen molar-refractivity contribution in [2.24, 2.45) is 0 Å². The van der Waals surface area contributed by atoms with Gasteiger partial charge in [0.15, 0.2) is 0 Å². The van der Waals surface area contributed by atoms with E-state index >= 15 is 0 Å². The van der Waals surface area contributed by atoms with Crippen molar-refractivity contribution in [2.75, 3.05) is 9.80 Å². The maximum absolute atomic E-state index is 7.24. The van der Waals surface area contributed by atoms with Crippen molar-refractivity contribution in [1.82, 2.24) is 0 Å². The zero-order valence-electron chi connectivity index (χ0n) is 58.4. The van der Waals surface area contributed by atoms with Crippen LogP contribution in [0.25, 0.3) is 183 Å². The van der Waals surface area contributed by atoms with E-state index in [2.05, 4.69) is 363 Å². The van der Waals surface area contributed by atoms with Gasteiger partial charge in [0.05, 0.1) is 26.5 Å². The summed E-state index contributed by atoms with van der Waals surface area (Å²) in [7, 11) is 0. The van der Waals surface area contributed by atoms with Crippen LogP contribution in [0, 0.1) is 0 Å². The highest BCUT2D eigenvalue weighted by molar-refractivity contribution is 7.27. The quantitative estimate of drug-likeness (QED) is 0.144. The van der Waals surface area contributed by atoms with Gasteiger partial charge in [-0.15, -0.1) is 22.7 Å². The van der Waals surface area contributed by atoms with Crippen LogP contribution in [0.4, 0.5) is 34.1 Å². The van der Waals surface area contributed by atoms with E-state index in [1.807, 2.05) is 22.7 Å². The topological polar surface area (TPSA) is 32.8 Å². The standard InChI is InChI=1S/C101H62N2O2S2/c1-101(2)86-33-10-9-24-77(86)79-30-13-27-75(96(79)101)62-42-46-70(47-43-62)103(89-36-16-32-83-95-93(107-100(83)89)52-49-80-84-55-64-20-5-6-21-65(64)57-90(84)104-97(80)95)87-34-14-28-76-74(26-12-29-78(76)87)67-38-37-66-56-85-81-50-51-92-94(98(81)105-91(85)58-68(66)53-67)82-31-15-35-88(99(82)106-92)102(71-48-39-59-17-3-4-19-63(59)54-71)69-44-40-61(41-45-69)73-25-11-22-60-18-7-8-23-72(60)73/h3-58H,1-2H3. The molecule has 0 unspecified atom stereocenters. The SMILES string of the molecule is CC1(C)c2ccccc2-c2cccc(-c3ccc(N(c4cccc5c(-c6ccc7cc8c(cc7c6)oc6c8ccc7sc8c(N(c9ccc(-c%10cccc%11ccccc%10%11)cc9)c9ccc%10ccccc%10c9)cccc8c76)cccc45)c4cccc5c4sc4ccc6c7cc8ccccc8cc7oc6c45)cc3)c21. The lowest BCUT2D eigenvalue weighted by atomic mass is 9.79. The van der Waals surface area contributed by atoms with E-state index in [1.54, 1.807) is 0 Å². The fourth-order valence-corrected chi connectivity index (χ4v) is 20.6. The lowest BCUT2D eigenvalue weighted by Gasteiger charge is -2.28. The number of nitrogens with zero attached hydrogens (tertiary/aromatic N) is 2. The van der Waals surface area contributed by atoms with Crippen molar-refractivity contribution in [2.45, 2.75) is 19.3 Å². The number of fused-ring (bicyclic) bond motifs is 22. The minimum absolute atomic E-state index is 0.159. The normalized spacial score (nSPS) is 12.8. The van der Waals surface area contributed by atoms with Crippen LogP contribution in [-0.2, 0) is 5.41 Å². The van der Waals surface area contributed by atoms with Gasteiger partial charge < -0.3 is 18.6 Å². The fourth-order valence-electron chi connectivity index (χ4n) is 18.2. The van der Waals surface area contributed by atoms with E-state index in [9.17, 15) is 0 Å². The smallest absolute Gasteiger partial charge is 0.144 e. The van der Waals surface area contributed by atoms with E-state index in [0.29, 0.717) is 0 Å². The molecule has 1 aliphatic rings. The van der Waals surface area contributed by atoms with Gasteiger partial charge in [0.1, 0.15) is 22.3 Å². The Morgan fingerprint density at radius 3 is 1.41 bits per heavy atom. The highest BCUT2D eigenvalue weighted by Gasteiger charge is 2.37. The Morgan fingerprint density at radius 2 is 0.710 bits per heavy atom. The number of rotatable bonds is 9. The van der Waals surface area contributed by atoms with Crippen LogP contribution in [0.1, 0.15) is 25.0 Å². The average Bonchev–Trinajstić information content (AvgIpc) is 1.47. The molecular weight excluding hydrogens is 1340 g/mol. The molecule has 0 amide bonds. The van der Waals surface area contributed by atoms with Crippen molar-refractivity contribution in [3.8, 4) is 44.5 Å². The molecule has 1 aliphatic carbocycles. The predicted octanol–water partition coefficient (Wildman–Crippen LogP) is 30.2. The summed E-state index contributed by atoms with van der Waals surface area (Å²) >= 11 is 3.67. The van der Waals surface area contributed by atoms with E-state index in [0.717, 1.165) is 116 Å². The molecule has 0 radical (unpaired) electrons. The highest BCUT2D eigenvalue weighted by atomic mass is 32.1. The van der Waals surface area contributed by atoms with E-state index in [-0.39, 0.29) is 5.41 Å². The summed E-state index contributed by atoms with van der Waals surface area (Å²) in [4.78, 5) is 4.94. The molecule has 23 rings (SSSR count). The predicted molar refractivity (Wildman–Crippen MR) is 458 cm³/mol. The van der Waals surface area contributed by atoms with Crippen molar-refractivity contribution in [3.05, 3.63) is 351 Å². The molecule has 22 aromatic rings. The van der Waals surface area contributed by atoms with E-state index in [1.165, 1.54) is 112 Å². The molecule has 18 aromatic carbocycles. The second kappa shape index (κ2) is 22.9. The zero-order valence-corrected chi connectivity index (χ0v) is 60.0. The summed E-state index contributed by atoms with van der Waals surface area (Å²) in [5.41, 5.74) is 22.6. The Bertz CT molecular complexity index is 7550. The Balaban J connectivity index is 0.649. The summed E-state index contributed by atoms with van der Waals surface area (Å²) in [5.74, 6) is 0. The van der Waals surface area contributed by atoms with Crippen molar-refractivity contribution in [1.29, 1.82) is 0 Å². The molecule has 4 aromatic heterocycles. The fraction of sp³-hybridized carbons (Fsp3) is 0.0297. The first-order valence-electron chi connectivity index (χ1n) is 36.7. The maximum Gasteiger partial charge on any atom is 0.144 e. The minimum atomic E-state index is -0.159. The first-order chi connectivity index (χ1) is 52.8. The molecule has 0 bridgehead atoms. The molecule has 0 spiro atoms. The van der Waals surface area contributed by atoms with Gasteiger partial charge >= 0.3 is 0 Å². The second-order valence-corrected chi connectivity index (χ2v) is 31.5. The summed E-state index contributed by atoms with van der Waals surface area (Å²) in [5, 5.41) is 21.0. The highest BCUT2D eigenvalue weighted by Crippen LogP contribution is 2.55. The Labute approximate surface area is 623 Å². The van der Waals surface area contributed by atoms with Crippen molar-refractivity contribution in [3.63, 3.8) is 0 Å². The Morgan fingerprint density at radius 1 is 0.262 bits per heavy atom. The number of anilines is 6. The van der Waals surface area contributed by atoms with Gasteiger partial charge in [-0.05, 0) is 213 Å². The molecule has 4 nitrogen and oxygen atoms in total. The zero-order chi connectivity index (χ0) is 70.3. The summed E-state index contributed by atoms with van der Waals surface area (Å²) in [6, 6.07) is 126. The average molecular weight is 1400 g/mol. The van der Waals surface area contributed by atoms with Gasteiger partial charge in [-0.1, -0.05) is 244 Å². The van der Waals surface area contributed by atoms with Crippen LogP contribution in [0.2, 0.25) is 0 Å². The number of furan rings is 2. The molecular formula is C101H62N2O2S2. The Hall–Kier alpha value is -13.1. The lowest BCUT2D eigenvalue weighted by molar-refractivity contribution is 0.662. The molecule has 4 heterocycles. The van der Waals surface area contributed by atoms with Gasteiger partial charge in [0.25, 0.3) is 0 Å². The first kappa shape index (κ1) is 60.3. The van der Waals surface area contributed by atoms with Crippen LogP contribution >= 0.6 is 22.7 Å². The van der Waals surface area contributed by atoms with Crippen LogP contribution in [-0.4, -0.2) is 0 Å². The number of thiophene rings is 2. The Kier molecular flexibility index (Phi) is 12.9. The molecule has 107 heavy (non-hydrogen) atoms. The van der Waals surface area contributed by atoms with Crippen LogP contribution in [0.3, 0.4) is 0 Å². The third-order valence-corrected chi connectivity index (χ3v) is 25.5. The molecule has 0 fully saturated rings. The van der Waals surface area contributed by atoms with E-state index < -0.39 is 0 Å². The summed E-state index contributed by atoms with van der Waals surface area (Å²) in [6.07, 6.45) is 0. The molecule has 0 atom stereocenters. The number of hydrogen-bond donors (Lipinski definition) is 0. The van der Waals surface area contributed by atoms with Crippen LogP contribution in [0.15, 0.2) is 349 Å². The molecule has 6 heteroatoms. The molecule has 0 aliphatic heterocycles. The molecule has 500 valence electrons. The minimum Gasteiger partial charge on any atom is -0.455 e. The van der Waals surface area contributed by atoms with Crippen LogP contribution < -0.4 is 9.80 Å². The van der Waals surface area contributed by atoms with Gasteiger partial charge in [-0.25, -0.2) is 0 Å². The maximum atomic E-state index is 7.24. The molecule has 0 N–H and O–H groups in total. The van der Waals surface area contributed by atoms with Crippen LogP contribution in [0.5, 0.6) is 0 Å². The number of hydrogen-bond acceptors (Lipinski definition) is 6. The second-order valence-electron chi connectivity index (χ2n) is 29.4. The first-order valence-corrected chi connectivity index (χ1v) is 38.4. The van der Waals surface area contributed by atoms with E-state index in [4.69, 9.17) is 8.83 Å².